The molecule has 1 saturated heterocycles. The van der Waals surface area contributed by atoms with E-state index < -0.39 is 0 Å². The number of carbonyl (C=O) groups is 2. The van der Waals surface area contributed by atoms with Gasteiger partial charge in [0.1, 0.15) is 11.5 Å². The molecule has 0 atom stereocenters. The summed E-state index contributed by atoms with van der Waals surface area (Å²) in [6.07, 6.45) is 0.602. The minimum atomic E-state index is -0.367. The predicted octanol–water partition coefficient (Wildman–Crippen LogP) is 2.40. The number of rotatable bonds is 5. The van der Waals surface area contributed by atoms with E-state index in [1.54, 1.807) is 12.1 Å². The molecule has 29 heavy (non-hydrogen) atoms. The van der Waals surface area contributed by atoms with E-state index >= 15 is 0 Å². The molecule has 0 aromatic heterocycles. The zero-order valence-corrected chi connectivity index (χ0v) is 16.5. The van der Waals surface area contributed by atoms with Gasteiger partial charge >= 0.3 is 0 Å². The van der Waals surface area contributed by atoms with Crippen molar-refractivity contribution in [3.63, 3.8) is 0 Å². The van der Waals surface area contributed by atoms with Gasteiger partial charge in [0.05, 0.1) is 5.57 Å². The molecule has 0 bridgehead atoms. The number of nitrogens with zero attached hydrogens (tertiary/aromatic N) is 3. The van der Waals surface area contributed by atoms with Gasteiger partial charge in [-0.3, -0.25) is 14.5 Å². The van der Waals surface area contributed by atoms with Gasteiger partial charge in [0.2, 0.25) is 0 Å². The maximum absolute atomic E-state index is 13.4. The Bertz CT molecular complexity index is 932. The number of likely N-dealkylation sites (N-methyl/N-ethyl adjacent to an activating group) is 1. The Balaban J connectivity index is 1.65. The van der Waals surface area contributed by atoms with Gasteiger partial charge in [-0.25, -0.2) is 4.39 Å². The first-order chi connectivity index (χ1) is 14.0. The number of hydrogen-bond acceptors (Lipinski definition) is 4. The van der Waals surface area contributed by atoms with Crippen LogP contribution in [-0.2, 0) is 16.0 Å². The van der Waals surface area contributed by atoms with Crippen molar-refractivity contribution >= 4 is 17.4 Å². The third-order valence-corrected chi connectivity index (χ3v) is 5.56. The molecule has 2 aliphatic rings. The molecule has 150 valence electrons. The van der Waals surface area contributed by atoms with Crippen molar-refractivity contribution in [3.8, 4) is 0 Å². The zero-order chi connectivity index (χ0) is 20.4. The predicted molar refractivity (Wildman–Crippen MR) is 109 cm³/mol. The van der Waals surface area contributed by atoms with Crippen LogP contribution in [0.4, 0.5) is 4.39 Å². The number of carbonyl (C=O) groups excluding carboxylic acids is 2. The molecule has 0 unspecified atom stereocenters. The Morgan fingerprint density at radius 2 is 1.52 bits per heavy atom. The zero-order valence-electron chi connectivity index (χ0n) is 16.5. The number of halogens is 1. The van der Waals surface area contributed by atoms with E-state index in [1.165, 1.54) is 17.0 Å². The molecule has 0 aliphatic carbocycles. The van der Waals surface area contributed by atoms with Crippen molar-refractivity contribution in [2.45, 2.75) is 6.42 Å². The van der Waals surface area contributed by atoms with Crippen LogP contribution >= 0.6 is 0 Å². The van der Waals surface area contributed by atoms with Crippen molar-refractivity contribution in [1.82, 2.24) is 14.7 Å². The summed E-state index contributed by atoms with van der Waals surface area (Å²) in [6.45, 7) is 3.34. The van der Waals surface area contributed by atoms with Crippen LogP contribution in [0.15, 0.2) is 60.3 Å². The highest BCUT2D eigenvalue weighted by atomic mass is 19.1. The second-order valence-electron chi connectivity index (χ2n) is 7.52. The molecule has 0 N–H and O–H groups in total. The van der Waals surface area contributed by atoms with Crippen LogP contribution in [0.2, 0.25) is 0 Å². The standard InChI is InChI=1S/C23H24FN3O2/c1-25-13-15-26(16-14-25)21-20(18-7-9-19(24)10-8-18)22(28)27(23(21)29)12-11-17-5-3-2-4-6-17/h2-10H,11-16H2,1H3. The van der Waals surface area contributed by atoms with E-state index in [0.717, 1.165) is 18.7 Å². The lowest BCUT2D eigenvalue weighted by Gasteiger charge is -2.34. The molecule has 2 aromatic carbocycles. The van der Waals surface area contributed by atoms with Crippen LogP contribution in [0.5, 0.6) is 0 Å². The van der Waals surface area contributed by atoms with Crippen molar-refractivity contribution in [1.29, 1.82) is 0 Å². The number of benzene rings is 2. The highest BCUT2D eigenvalue weighted by Crippen LogP contribution is 2.32. The molecule has 2 heterocycles. The average molecular weight is 393 g/mol. The van der Waals surface area contributed by atoms with Crippen LogP contribution in [0.25, 0.3) is 5.57 Å². The lowest BCUT2D eigenvalue weighted by atomic mass is 10.0. The minimum absolute atomic E-state index is 0.255. The summed E-state index contributed by atoms with van der Waals surface area (Å²) in [7, 11) is 2.04. The van der Waals surface area contributed by atoms with E-state index in [1.807, 2.05) is 42.3 Å². The fourth-order valence-electron chi connectivity index (χ4n) is 3.85. The maximum atomic E-state index is 13.4. The van der Waals surface area contributed by atoms with Gasteiger partial charge in [-0.2, -0.15) is 0 Å². The monoisotopic (exact) mass is 393 g/mol. The lowest BCUT2D eigenvalue weighted by molar-refractivity contribution is -0.137. The number of amides is 2. The minimum Gasteiger partial charge on any atom is -0.364 e. The van der Waals surface area contributed by atoms with Crippen molar-refractivity contribution in [3.05, 3.63) is 77.2 Å². The molecule has 0 spiro atoms. The maximum Gasteiger partial charge on any atom is 0.277 e. The summed E-state index contributed by atoms with van der Waals surface area (Å²) in [6, 6.07) is 15.6. The Morgan fingerprint density at radius 1 is 0.862 bits per heavy atom. The highest BCUT2D eigenvalue weighted by molar-refractivity contribution is 6.35. The largest absolute Gasteiger partial charge is 0.364 e. The van der Waals surface area contributed by atoms with E-state index in [9.17, 15) is 14.0 Å². The van der Waals surface area contributed by atoms with E-state index in [0.29, 0.717) is 42.9 Å². The normalized spacial score (nSPS) is 18.1. The summed E-state index contributed by atoms with van der Waals surface area (Å²) >= 11 is 0. The average Bonchev–Trinajstić information content (AvgIpc) is 2.98. The Morgan fingerprint density at radius 3 is 2.17 bits per heavy atom. The molecule has 5 nitrogen and oxygen atoms in total. The van der Waals surface area contributed by atoms with Gasteiger partial charge < -0.3 is 9.80 Å². The van der Waals surface area contributed by atoms with Crippen LogP contribution in [-0.4, -0.2) is 66.3 Å². The summed E-state index contributed by atoms with van der Waals surface area (Å²) in [5.74, 6) is -0.922. The Hall–Kier alpha value is -2.99. The van der Waals surface area contributed by atoms with E-state index in [2.05, 4.69) is 4.90 Å². The molecule has 2 aromatic rings. The fraction of sp³-hybridized carbons (Fsp3) is 0.304. The summed E-state index contributed by atoms with van der Waals surface area (Å²) in [5.41, 5.74) is 2.49. The van der Waals surface area contributed by atoms with Crippen molar-refractivity contribution < 1.29 is 14.0 Å². The third kappa shape index (κ3) is 3.93. The van der Waals surface area contributed by atoms with Gasteiger partial charge in [-0.05, 0) is 36.7 Å². The Labute approximate surface area is 170 Å². The third-order valence-electron chi connectivity index (χ3n) is 5.56. The van der Waals surface area contributed by atoms with Crippen LogP contribution in [0.3, 0.4) is 0 Å². The van der Waals surface area contributed by atoms with Gasteiger partial charge in [0.25, 0.3) is 11.8 Å². The second kappa shape index (κ2) is 8.17. The molecular formula is C23H24FN3O2. The number of imide groups is 1. The van der Waals surface area contributed by atoms with Gasteiger partial charge in [-0.1, -0.05) is 42.5 Å². The topological polar surface area (TPSA) is 43.9 Å². The molecule has 4 rings (SSSR count). The van der Waals surface area contributed by atoms with Crippen molar-refractivity contribution in [2.75, 3.05) is 39.8 Å². The summed E-state index contributed by atoms with van der Waals surface area (Å²) in [4.78, 5) is 32.1. The Kier molecular flexibility index (Phi) is 5.45. The molecule has 2 aliphatic heterocycles. The number of piperazine rings is 1. The first kappa shape index (κ1) is 19.3. The van der Waals surface area contributed by atoms with Gasteiger partial charge in [0.15, 0.2) is 0 Å². The fourth-order valence-corrected chi connectivity index (χ4v) is 3.85. The number of hydrogen-bond donors (Lipinski definition) is 0. The summed E-state index contributed by atoms with van der Waals surface area (Å²) < 4.78 is 13.4. The molecule has 1 fully saturated rings. The molecule has 6 heteroatoms. The first-order valence-electron chi connectivity index (χ1n) is 9.88. The van der Waals surface area contributed by atoms with E-state index in [4.69, 9.17) is 0 Å². The lowest BCUT2D eigenvalue weighted by Crippen LogP contribution is -2.46. The molecule has 0 radical (unpaired) electrons. The van der Waals surface area contributed by atoms with Gasteiger partial charge in [-0.15, -0.1) is 0 Å². The van der Waals surface area contributed by atoms with Gasteiger partial charge in [0, 0.05) is 32.7 Å². The van der Waals surface area contributed by atoms with E-state index in [-0.39, 0.29) is 17.6 Å². The molecular weight excluding hydrogens is 369 g/mol. The molecule has 2 amide bonds. The van der Waals surface area contributed by atoms with Crippen LogP contribution in [0.1, 0.15) is 11.1 Å². The second-order valence-corrected chi connectivity index (χ2v) is 7.52. The quantitative estimate of drug-likeness (QED) is 0.732. The van der Waals surface area contributed by atoms with Crippen LogP contribution in [0, 0.1) is 5.82 Å². The summed E-state index contributed by atoms with van der Waals surface area (Å²) in [5, 5.41) is 0. The smallest absolute Gasteiger partial charge is 0.277 e. The SMILES string of the molecule is CN1CCN(C2=C(c3ccc(F)cc3)C(=O)N(CCc3ccccc3)C2=O)CC1. The highest BCUT2D eigenvalue weighted by Gasteiger charge is 2.41. The first-order valence-corrected chi connectivity index (χ1v) is 9.88. The van der Waals surface area contributed by atoms with Crippen molar-refractivity contribution in [2.24, 2.45) is 0 Å². The molecule has 0 saturated carbocycles. The van der Waals surface area contributed by atoms with Crippen LogP contribution < -0.4 is 0 Å².